The van der Waals surface area contributed by atoms with Crippen molar-refractivity contribution in [2.75, 3.05) is 37.1 Å². The molecule has 1 aromatic carbocycles. The van der Waals surface area contributed by atoms with Crippen LogP contribution in [-0.2, 0) is 14.6 Å². The summed E-state index contributed by atoms with van der Waals surface area (Å²) in [6.07, 6.45) is 1.21. The Labute approximate surface area is 145 Å². The molecule has 0 aliphatic carbocycles. The fourth-order valence-electron chi connectivity index (χ4n) is 2.24. The lowest BCUT2D eigenvalue weighted by atomic mass is 10.1. The highest BCUT2D eigenvalue weighted by atomic mass is 79.9. The van der Waals surface area contributed by atoms with Gasteiger partial charge in [-0.15, -0.1) is 0 Å². The van der Waals surface area contributed by atoms with E-state index in [2.05, 4.69) is 26.2 Å². The van der Waals surface area contributed by atoms with Crippen LogP contribution in [0.5, 0.6) is 0 Å². The first-order valence-electron chi connectivity index (χ1n) is 7.34. The van der Waals surface area contributed by atoms with Crippen molar-refractivity contribution in [3.8, 4) is 0 Å². The van der Waals surface area contributed by atoms with Crippen LogP contribution in [0.1, 0.15) is 11.3 Å². The van der Waals surface area contributed by atoms with E-state index >= 15 is 0 Å². The fraction of sp³-hybridized carbons (Fsp3) is 0.438. The second-order valence-electron chi connectivity index (χ2n) is 5.53. The van der Waals surface area contributed by atoms with Gasteiger partial charge in [-0.2, -0.15) is 0 Å². The van der Waals surface area contributed by atoms with Crippen LogP contribution in [0, 0.1) is 13.8 Å². The number of hydrogen-bond donors (Lipinski definition) is 1. The van der Waals surface area contributed by atoms with E-state index in [0.29, 0.717) is 13.2 Å². The van der Waals surface area contributed by atoms with E-state index in [1.54, 1.807) is 0 Å². The number of anilines is 1. The van der Waals surface area contributed by atoms with Crippen LogP contribution < -0.4 is 5.32 Å². The number of rotatable bonds is 7. The highest BCUT2D eigenvalue weighted by Gasteiger charge is 2.09. The lowest BCUT2D eigenvalue weighted by molar-refractivity contribution is 0.159. The number of nitrogens with zero attached hydrogens (tertiary/aromatic N) is 1. The van der Waals surface area contributed by atoms with Crippen molar-refractivity contribution in [3.63, 3.8) is 0 Å². The molecule has 0 unspecified atom stereocenters. The number of benzene rings is 1. The minimum absolute atomic E-state index is 0.0519. The molecule has 0 aliphatic rings. The van der Waals surface area contributed by atoms with Crippen molar-refractivity contribution in [1.29, 1.82) is 0 Å². The molecule has 1 heterocycles. The Balaban J connectivity index is 2.05. The van der Waals surface area contributed by atoms with Gasteiger partial charge in [-0.3, -0.25) is 4.98 Å². The summed E-state index contributed by atoms with van der Waals surface area (Å²) >= 11 is 3.49. The van der Waals surface area contributed by atoms with Gasteiger partial charge in [-0.05, 0) is 37.6 Å². The predicted octanol–water partition coefficient (Wildman–Crippen LogP) is 3.09. The molecular formula is C16H21BrN2O3S. The van der Waals surface area contributed by atoms with Gasteiger partial charge in [0.15, 0.2) is 0 Å². The third-order valence-corrected chi connectivity index (χ3v) is 4.98. The van der Waals surface area contributed by atoms with Gasteiger partial charge in [0.2, 0.25) is 0 Å². The minimum atomic E-state index is -2.97. The molecule has 1 aromatic heterocycles. The Morgan fingerprint density at radius 1 is 1.26 bits per heavy atom. The molecule has 0 aliphatic heterocycles. The Bertz CT molecular complexity index is 807. The number of pyridine rings is 1. The molecule has 0 radical (unpaired) electrons. The monoisotopic (exact) mass is 400 g/mol. The number of aromatic nitrogens is 1. The summed E-state index contributed by atoms with van der Waals surface area (Å²) < 4.78 is 28.5. The van der Waals surface area contributed by atoms with Gasteiger partial charge >= 0.3 is 0 Å². The van der Waals surface area contributed by atoms with Crippen LogP contribution in [0.15, 0.2) is 22.7 Å². The molecule has 5 nitrogen and oxygen atoms in total. The quantitative estimate of drug-likeness (QED) is 0.723. The van der Waals surface area contributed by atoms with Crippen molar-refractivity contribution < 1.29 is 13.2 Å². The number of fused-ring (bicyclic) bond motifs is 1. The molecule has 0 saturated carbocycles. The van der Waals surface area contributed by atoms with Gasteiger partial charge < -0.3 is 10.1 Å². The van der Waals surface area contributed by atoms with Gasteiger partial charge in [-0.1, -0.05) is 15.9 Å². The summed E-state index contributed by atoms with van der Waals surface area (Å²) in [7, 11) is -2.97. The normalized spacial score (nSPS) is 11.8. The van der Waals surface area contributed by atoms with E-state index in [0.717, 1.165) is 32.3 Å². The van der Waals surface area contributed by atoms with Crippen molar-refractivity contribution in [2.45, 2.75) is 13.8 Å². The minimum Gasteiger partial charge on any atom is -0.382 e. The largest absolute Gasteiger partial charge is 0.382 e. The average Bonchev–Trinajstić information content (AvgIpc) is 2.46. The maximum absolute atomic E-state index is 11.0. The molecule has 0 atom stereocenters. The number of aryl methyl sites for hydroxylation is 1. The van der Waals surface area contributed by atoms with Crippen LogP contribution in [0.4, 0.5) is 5.69 Å². The van der Waals surface area contributed by atoms with Crippen molar-refractivity contribution in [1.82, 2.24) is 4.98 Å². The van der Waals surface area contributed by atoms with Crippen molar-refractivity contribution in [3.05, 3.63) is 33.9 Å². The van der Waals surface area contributed by atoms with E-state index in [1.165, 1.54) is 6.26 Å². The zero-order valence-corrected chi connectivity index (χ0v) is 15.9. The van der Waals surface area contributed by atoms with Crippen molar-refractivity contribution >= 4 is 42.4 Å². The molecule has 0 fully saturated rings. The first-order chi connectivity index (χ1) is 10.8. The van der Waals surface area contributed by atoms with Crippen LogP contribution in [0.2, 0.25) is 0 Å². The number of hydrogen-bond acceptors (Lipinski definition) is 5. The van der Waals surface area contributed by atoms with Crippen LogP contribution >= 0.6 is 15.9 Å². The lowest BCUT2D eigenvalue weighted by Crippen LogP contribution is -2.15. The fourth-order valence-corrected chi connectivity index (χ4v) is 3.02. The van der Waals surface area contributed by atoms with Gasteiger partial charge in [0.25, 0.3) is 0 Å². The van der Waals surface area contributed by atoms with Crippen LogP contribution in [0.25, 0.3) is 10.9 Å². The topological polar surface area (TPSA) is 68.3 Å². The van der Waals surface area contributed by atoms with Gasteiger partial charge in [0, 0.05) is 34.0 Å². The first kappa shape index (κ1) is 18.2. The zero-order valence-electron chi connectivity index (χ0n) is 13.5. The first-order valence-corrected chi connectivity index (χ1v) is 10.2. The second-order valence-corrected chi connectivity index (χ2v) is 8.70. The number of ether oxygens (including phenoxy) is 1. The molecule has 0 bridgehead atoms. The van der Waals surface area contributed by atoms with Crippen LogP contribution in [-0.4, -0.2) is 45.2 Å². The van der Waals surface area contributed by atoms with Crippen molar-refractivity contribution in [2.24, 2.45) is 0 Å². The average molecular weight is 401 g/mol. The van der Waals surface area contributed by atoms with Gasteiger partial charge in [0.1, 0.15) is 9.84 Å². The Kier molecular flexibility index (Phi) is 6.00. The van der Waals surface area contributed by atoms with Crippen LogP contribution in [0.3, 0.4) is 0 Å². The maximum atomic E-state index is 11.0. The standard InChI is InChI=1S/C16H21BrN2O3S/c1-11-12(2)19-15-5-4-13(17)10-14(15)16(11)18-6-7-22-8-9-23(3,20)21/h4-5,10H,6-9H2,1-3H3,(H,18,19). The summed E-state index contributed by atoms with van der Waals surface area (Å²) in [5.41, 5.74) is 4.07. The molecule has 0 spiro atoms. The maximum Gasteiger partial charge on any atom is 0.149 e. The summed E-state index contributed by atoms with van der Waals surface area (Å²) in [6, 6.07) is 6.00. The Hall–Kier alpha value is -1.18. The SMILES string of the molecule is Cc1nc2ccc(Br)cc2c(NCCOCCS(C)(=O)=O)c1C. The van der Waals surface area contributed by atoms with Gasteiger partial charge in [-0.25, -0.2) is 8.42 Å². The van der Waals surface area contributed by atoms with E-state index in [1.807, 2.05) is 32.0 Å². The summed E-state index contributed by atoms with van der Waals surface area (Å²) in [4.78, 5) is 4.60. The molecule has 7 heteroatoms. The Morgan fingerprint density at radius 3 is 2.70 bits per heavy atom. The Morgan fingerprint density at radius 2 is 2.00 bits per heavy atom. The smallest absolute Gasteiger partial charge is 0.149 e. The van der Waals surface area contributed by atoms with E-state index in [-0.39, 0.29) is 12.4 Å². The molecule has 2 aromatic rings. The van der Waals surface area contributed by atoms with E-state index in [4.69, 9.17) is 4.74 Å². The molecule has 1 N–H and O–H groups in total. The molecule has 0 amide bonds. The van der Waals surface area contributed by atoms with E-state index < -0.39 is 9.84 Å². The highest BCUT2D eigenvalue weighted by Crippen LogP contribution is 2.29. The molecule has 0 saturated heterocycles. The third kappa shape index (κ3) is 5.16. The highest BCUT2D eigenvalue weighted by molar-refractivity contribution is 9.10. The lowest BCUT2D eigenvalue weighted by Gasteiger charge is -2.15. The zero-order chi connectivity index (χ0) is 17.0. The number of sulfone groups is 1. The molecule has 126 valence electrons. The summed E-state index contributed by atoms with van der Waals surface area (Å²) in [6.45, 7) is 5.31. The molecule has 23 heavy (non-hydrogen) atoms. The molecule has 2 rings (SSSR count). The number of nitrogens with one attached hydrogen (secondary N) is 1. The van der Waals surface area contributed by atoms with Gasteiger partial charge in [0.05, 0.1) is 24.5 Å². The third-order valence-electron chi connectivity index (χ3n) is 3.58. The summed E-state index contributed by atoms with van der Waals surface area (Å²) in [5.74, 6) is 0.0519. The second kappa shape index (κ2) is 7.59. The predicted molar refractivity (Wildman–Crippen MR) is 97.9 cm³/mol. The number of halogens is 1. The summed E-state index contributed by atoms with van der Waals surface area (Å²) in [5, 5.41) is 4.44. The molecular weight excluding hydrogens is 380 g/mol. The van der Waals surface area contributed by atoms with E-state index in [9.17, 15) is 8.42 Å².